The molecule has 7 heteroatoms. The number of nitrogens with zero attached hydrogens (tertiary/aromatic N) is 2. The number of aromatic nitrogens is 1. The van der Waals surface area contributed by atoms with Crippen LogP contribution in [0.1, 0.15) is 29.4 Å². The Bertz CT molecular complexity index is 502. The van der Waals surface area contributed by atoms with Gasteiger partial charge in [0.05, 0.1) is 17.7 Å². The highest BCUT2D eigenvalue weighted by Gasteiger charge is 2.26. The number of thiazole rings is 1. The predicted octanol–water partition coefficient (Wildman–Crippen LogP) is 1.20. The molecule has 118 valence electrons. The van der Waals surface area contributed by atoms with E-state index in [9.17, 15) is 4.79 Å². The molecule has 0 fully saturated rings. The van der Waals surface area contributed by atoms with E-state index in [1.54, 1.807) is 25.4 Å². The number of guanidine groups is 1. The monoisotopic (exact) mass is 311 g/mol. The van der Waals surface area contributed by atoms with Crippen molar-refractivity contribution in [1.29, 1.82) is 0 Å². The van der Waals surface area contributed by atoms with Gasteiger partial charge in [0.1, 0.15) is 5.01 Å². The maximum Gasteiger partial charge on any atom is 0.227 e. The molecule has 1 amide bonds. The normalized spacial score (nSPS) is 12.2. The van der Waals surface area contributed by atoms with E-state index in [1.165, 1.54) is 4.88 Å². The molecule has 0 unspecified atom stereocenters. The van der Waals surface area contributed by atoms with Crippen molar-refractivity contribution in [3.05, 3.63) is 15.6 Å². The summed E-state index contributed by atoms with van der Waals surface area (Å²) in [4.78, 5) is 21.6. The number of hydrogen-bond acceptors (Lipinski definition) is 4. The summed E-state index contributed by atoms with van der Waals surface area (Å²) < 4.78 is 0. The summed E-state index contributed by atoms with van der Waals surface area (Å²) in [5.74, 6) is 0.661. The lowest BCUT2D eigenvalue weighted by atomic mass is 9.92. The number of aliphatic imine (C=N–C) groups is 1. The van der Waals surface area contributed by atoms with Crippen LogP contribution in [0, 0.1) is 19.3 Å². The molecule has 0 spiro atoms. The zero-order chi connectivity index (χ0) is 16.0. The fourth-order valence-electron chi connectivity index (χ4n) is 1.72. The molecule has 3 N–H and O–H groups in total. The van der Waals surface area contributed by atoms with Gasteiger partial charge >= 0.3 is 0 Å². The molecular formula is C14H25N5OS. The molecule has 1 heterocycles. The van der Waals surface area contributed by atoms with Crippen molar-refractivity contribution in [2.75, 3.05) is 20.6 Å². The number of rotatable bonds is 5. The summed E-state index contributed by atoms with van der Waals surface area (Å²) in [7, 11) is 3.35. The van der Waals surface area contributed by atoms with E-state index in [1.807, 2.05) is 20.8 Å². The lowest BCUT2D eigenvalue weighted by molar-refractivity contribution is -0.128. The van der Waals surface area contributed by atoms with Crippen LogP contribution in [0.2, 0.25) is 0 Å². The highest BCUT2D eigenvalue weighted by atomic mass is 32.1. The molecule has 0 aromatic carbocycles. The lowest BCUT2D eigenvalue weighted by Crippen LogP contribution is -2.47. The van der Waals surface area contributed by atoms with Gasteiger partial charge in [-0.3, -0.25) is 9.79 Å². The van der Waals surface area contributed by atoms with Crippen LogP contribution in [0.3, 0.4) is 0 Å². The van der Waals surface area contributed by atoms with Crippen LogP contribution in [-0.2, 0) is 11.3 Å². The van der Waals surface area contributed by atoms with Gasteiger partial charge in [-0.1, -0.05) is 0 Å². The summed E-state index contributed by atoms with van der Waals surface area (Å²) in [6.45, 7) is 8.98. The van der Waals surface area contributed by atoms with Crippen LogP contribution in [0.15, 0.2) is 4.99 Å². The quantitative estimate of drug-likeness (QED) is 0.564. The van der Waals surface area contributed by atoms with E-state index in [4.69, 9.17) is 0 Å². The topological polar surface area (TPSA) is 78.4 Å². The first-order valence-electron chi connectivity index (χ1n) is 6.89. The van der Waals surface area contributed by atoms with Crippen molar-refractivity contribution in [3.8, 4) is 0 Å². The molecule has 0 saturated heterocycles. The second-order valence-electron chi connectivity index (χ2n) is 5.49. The van der Waals surface area contributed by atoms with E-state index in [-0.39, 0.29) is 5.91 Å². The average Bonchev–Trinajstić information content (AvgIpc) is 2.76. The zero-order valence-electron chi connectivity index (χ0n) is 13.6. The van der Waals surface area contributed by atoms with E-state index < -0.39 is 5.41 Å². The molecule has 0 aliphatic carbocycles. The summed E-state index contributed by atoms with van der Waals surface area (Å²) in [6.07, 6.45) is 0. The van der Waals surface area contributed by atoms with E-state index in [0.29, 0.717) is 19.0 Å². The van der Waals surface area contributed by atoms with Crippen LogP contribution in [0.5, 0.6) is 0 Å². The first-order chi connectivity index (χ1) is 9.80. The second-order valence-corrected chi connectivity index (χ2v) is 6.78. The molecule has 0 saturated carbocycles. The third-order valence-corrected chi connectivity index (χ3v) is 4.32. The van der Waals surface area contributed by atoms with Crippen molar-refractivity contribution in [3.63, 3.8) is 0 Å². The maximum absolute atomic E-state index is 11.7. The number of nitrogens with one attached hydrogen (secondary N) is 3. The maximum atomic E-state index is 11.7. The Morgan fingerprint density at radius 2 is 2.00 bits per heavy atom. The van der Waals surface area contributed by atoms with E-state index in [2.05, 4.69) is 32.9 Å². The fourth-order valence-corrected chi connectivity index (χ4v) is 2.59. The van der Waals surface area contributed by atoms with Crippen LogP contribution in [0.25, 0.3) is 0 Å². The molecule has 6 nitrogen and oxygen atoms in total. The number of carbonyl (C=O) groups excluding carboxylic acids is 1. The molecule has 0 aliphatic rings. The Morgan fingerprint density at radius 3 is 2.48 bits per heavy atom. The molecular weight excluding hydrogens is 286 g/mol. The molecule has 0 aliphatic heterocycles. The smallest absolute Gasteiger partial charge is 0.227 e. The van der Waals surface area contributed by atoms with E-state index in [0.717, 1.165) is 10.7 Å². The van der Waals surface area contributed by atoms with Gasteiger partial charge in [-0.05, 0) is 27.7 Å². The highest BCUT2D eigenvalue weighted by molar-refractivity contribution is 7.11. The van der Waals surface area contributed by atoms with Crippen molar-refractivity contribution in [2.24, 2.45) is 10.4 Å². The Kier molecular flexibility index (Phi) is 6.14. The summed E-state index contributed by atoms with van der Waals surface area (Å²) in [6, 6.07) is 0. The first kappa shape index (κ1) is 17.4. The van der Waals surface area contributed by atoms with Gasteiger partial charge < -0.3 is 16.0 Å². The number of carbonyl (C=O) groups is 1. The number of amides is 1. The van der Waals surface area contributed by atoms with Crippen molar-refractivity contribution < 1.29 is 4.79 Å². The second kappa shape index (κ2) is 7.40. The lowest BCUT2D eigenvalue weighted by Gasteiger charge is -2.24. The zero-order valence-corrected chi connectivity index (χ0v) is 14.4. The standard InChI is InChI=1S/C14H25N5OS/c1-9-10(2)21-11(19-9)7-17-13(16-6)18-8-14(3,4)12(20)15-5/h7-8H2,1-6H3,(H,15,20)(H2,16,17,18). The molecule has 0 atom stereocenters. The molecule has 0 radical (unpaired) electrons. The van der Waals surface area contributed by atoms with Gasteiger partial charge in [-0.25, -0.2) is 4.98 Å². The van der Waals surface area contributed by atoms with Crippen LogP contribution >= 0.6 is 11.3 Å². The van der Waals surface area contributed by atoms with Gasteiger partial charge in [0.2, 0.25) is 5.91 Å². The molecule has 1 aromatic heterocycles. The fraction of sp³-hybridized carbons (Fsp3) is 0.643. The SMILES string of the molecule is CN=C(NCc1nc(C)c(C)s1)NCC(C)(C)C(=O)NC. The minimum Gasteiger partial charge on any atom is -0.359 e. The molecule has 1 rings (SSSR count). The molecule has 1 aromatic rings. The summed E-state index contributed by atoms with van der Waals surface area (Å²) >= 11 is 1.68. The predicted molar refractivity (Wildman–Crippen MR) is 87.6 cm³/mol. The van der Waals surface area contributed by atoms with Crippen molar-refractivity contribution in [2.45, 2.75) is 34.2 Å². The number of hydrogen-bond donors (Lipinski definition) is 3. The Hall–Kier alpha value is -1.63. The third-order valence-electron chi connectivity index (χ3n) is 3.24. The van der Waals surface area contributed by atoms with E-state index >= 15 is 0 Å². The van der Waals surface area contributed by atoms with Gasteiger partial charge in [0.25, 0.3) is 0 Å². The minimum atomic E-state index is -0.499. The largest absolute Gasteiger partial charge is 0.359 e. The van der Waals surface area contributed by atoms with Gasteiger partial charge in [-0.15, -0.1) is 11.3 Å². The van der Waals surface area contributed by atoms with Crippen molar-refractivity contribution >= 4 is 23.2 Å². The van der Waals surface area contributed by atoms with Gasteiger partial charge in [0.15, 0.2) is 5.96 Å². The summed E-state index contributed by atoms with van der Waals surface area (Å²) in [5, 5.41) is 10.1. The summed E-state index contributed by atoms with van der Waals surface area (Å²) in [5.41, 5.74) is 0.571. The van der Waals surface area contributed by atoms with Crippen LogP contribution in [0.4, 0.5) is 0 Å². The molecule has 0 bridgehead atoms. The van der Waals surface area contributed by atoms with Crippen molar-refractivity contribution in [1.82, 2.24) is 20.9 Å². The van der Waals surface area contributed by atoms with Gasteiger partial charge in [0, 0.05) is 25.5 Å². The van der Waals surface area contributed by atoms with Crippen LogP contribution < -0.4 is 16.0 Å². The Balaban J connectivity index is 2.51. The van der Waals surface area contributed by atoms with Crippen LogP contribution in [-0.4, -0.2) is 37.5 Å². The Labute approximate surface area is 130 Å². The Morgan fingerprint density at radius 1 is 1.33 bits per heavy atom. The highest BCUT2D eigenvalue weighted by Crippen LogP contribution is 2.16. The minimum absolute atomic E-state index is 0.00312. The van der Waals surface area contributed by atoms with Gasteiger partial charge in [-0.2, -0.15) is 0 Å². The third kappa shape index (κ3) is 5.00. The first-order valence-corrected chi connectivity index (χ1v) is 7.71. The molecule has 21 heavy (non-hydrogen) atoms. The number of aryl methyl sites for hydroxylation is 2. The average molecular weight is 311 g/mol.